The number of carbonyl (C=O) groups is 2. The summed E-state index contributed by atoms with van der Waals surface area (Å²) in [6.07, 6.45) is 4.88. The zero-order valence-corrected chi connectivity index (χ0v) is 15.3. The molecule has 128 valence electrons. The molecule has 0 aromatic carbocycles. The van der Waals surface area contributed by atoms with Crippen LogP contribution in [0.3, 0.4) is 0 Å². The number of hydrogen-bond acceptors (Lipinski definition) is 4. The van der Waals surface area contributed by atoms with Crippen LogP contribution in [0.15, 0.2) is 5.51 Å². The third-order valence-electron chi connectivity index (χ3n) is 4.37. The van der Waals surface area contributed by atoms with Crippen LogP contribution in [0.2, 0.25) is 0 Å². The second-order valence-electron chi connectivity index (χ2n) is 7.16. The SMILES string of the molecule is CC(C)c1ncsc1C(=O)NC(C)(C)C(=O)NCC1CCCC1. The molecule has 0 aliphatic heterocycles. The fraction of sp³-hybridized carbons (Fsp3) is 0.706. The summed E-state index contributed by atoms with van der Waals surface area (Å²) < 4.78 is 0. The standard InChI is InChI=1S/C17H27N3O2S/c1-11(2)13-14(23-10-19-13)15(21)20-17(3,4)16(22)18-9-12-7-5-6-8-12/h10-12H,5-9H2,1-4H3,(H,18,22)(H,20,21). The molecule has 0 radical (unpaired) electrons. The van der Waals surface area contributed by atoms with E-state index in [1.807, 2.05) is 13.8 Å². The number of nitrogens with zero attached hydrogens (tertiary/aromatic N) is 1. The Morgan fingerprint density at radius 1 is 1.35 bits per heavy atom. The Balaban J connectivity index is 1.94. The molecule has 0 atom stereocenters. The first kappa shape index (κ1) is 17.9. The molecule has 2 rings (SSSR count). The van der Waals surface area contributed by atoms with Crippen LogP contribution in [0.1, 0.15) is 74.7 Å². The molecule has 1 heterocycles. The van der Waals surface area contributed by atoms with Crippen molar-refractivity contribution in [1.82, 2.24) is 15.6 Å². The van der Waals surface area contributed by atoms with Gasteiger partial charge in [-0.3, -0.25) is 9.59 Å². The van der Waals surface area contributed by atoms with Gasteiger partial charge in [0, 0.05) is 6.54 Å². The molecule has 2 N–H and O–H groups in total. The molecule has 6 heteroatoms. The van der Waals surface area contributed by atoms with E-state index in [-0.39, 0.29) is 17.7 Å². The van der Waals surface area contributed by atoms with Crippen LogP contribution in [0, 0.1) is 5.92 Å². The molecule has 2 amide bonds. The van der Waals surface area contributed by atoms with Crippen LogP contribution in [-0.2, 0) is 4.79 Å². The van der Waals surface area contributed by atoms with Crippen LogP contribution in [0.25, 0.3) is 0 Å². The normalized spacial score (nSPS) is 15.9. The van der Waals surface area contributed by atoms with Crippen molar-refractivity contribution in [3.8, 4) is 0 Å². The van der Waals surface area contributed by atoms with Crippen molar-refractivity contribution in [2.24, 2.45) is 5.92 Å². The van der Waals surface area contributed by atoms with Crippen molar-refractivity contribution in [3.05, 3.63) is 16.1 Å². The van der Waals surface area contributed by atoms with Crippen molar-refractivity contribution in [2.45, 2.75) is 64.8 Å². The van der Waals surface area contributed by atoms with Crippen LogP contribution in [0.5, 0.6) is 0 Å². The summed E-state index contributed by atoms with van der Waals surface area (Å²) in [5, 5.41) is 5.84. The Bertz CT molecular complexity index is 560. The minimum absolute atomic E-state index is 0.131. The predicted octanol–water partition coefficient (Wildman–Crippen LogP) is 3.08. The lowest BCUT2D eigenvalue weighted by atomic mass is 10.0. The van der Waals surface area contributed by atoms with E-state index in [1.54, 1.807) is 19.4 Å². The minimum Gasteiger partial charge on any atom is -0.354 e. The molecular formula is C17H27N3O2S. The van der Waals surface area contributed by atoms with E-state index in [2.05, 4.69) is 15.6 Å². The Morgan fingerprint density at radius 2 is 2.00 bits per heavy atom. The van der Waals surface area contributed by atoms with Crippen molar-refractivity contribution in [3.63, 3.8) is 0 Å². The minimum atomic E-state index is -0.937. The molecule has 1 aliphatic rings. The van der Waals surface area contributed by atoms with Crippen molar-refractivity contribution in [1.29, 1.82) is 0 Å². The van der Waals surface area contributed by atoms with Gasteiger partial charge in [-0.15, -0.1) is 11.3 Å². The maximum absolute atomic E-state index is 12.5. The van der Waals surface area contributed by atoms with Crippen molar-refractivity contribution in [2.75, 3.05) is 6.54 Å². The number of rotatable bonds is 6. The molecule has 0 saturated heterocycles. The first-order valence-electron chi connectivity index (χ1n) is 8.35. The van der Waals surface area contributed by atoms with E-state index in [4.69, 9.17) is 0 Å². The number of hydrogen-bond donors (Lipinski definition) is 2. The molecule has 23 heavy (non-hydrogen) atoms. The van der Waals surface area contributed by atoms with Gasteiger partial charge >= 0.3 is 0 Å². The van der Waals surface area contributed by atoms with Gasteiger partial charge in [-0.25, -0.2) is 4.98 Å². The Morgan fingerprint density at radius 3 is 2.61 bits per heavy atom. The number of thiazole rings is 1. The van der Waals surface area contributed by atoms with Crippen molar-refractivity contribution >= 4 is 23.2 Å². The lowest BCUT2D eigenvalue weighted by Crippen LogP contribution is -2.55. The summed E-state index contributed by atoms with van der Waals surface area (Å²) in [4.78, 5) is 29.7. The summed E-state index contributed by atoms with van der Waals surface area (Å²) in [5.74, 6) is 0.409. The molecule has 1 aliphatic carbocycles. The second-order valence-corrected chi connectivity index (χ2v) is 8.02. The second kappa shape index (κ2) is 7.43. The molecule has 0 unspecified atom stereocenters. The third kappa shape index (κ3) is 4.53. The predicted molar refractivity (Wildman–Crippen MR) is 92.7 cm³/mol. The summed E-state index contributed by atoms with van der Waals surface area (Å²) in [5.41, 5.74) is 1.53. The van der Waals surface area contributed by atoms with Gasteiger partial charge in [0.15, 0.2) is 0 Å². The van der Waals surface area contributed by atoms with Gasteiger partial charge < -0.3 is 10.6 Å². The average Bonchev–Trinajstić information content (AvgIpc) is 3.15. The summed E-state index contributed by atoms with van der Waals surface area (Å²) >= 11 is 1.32. The molecule has 1 aromatic rings. The number of aromatic nitrogens is 1. The summed E-state index contributed by atoms with van der Waals surface area (Å²) in [6, 6.07) is 0. The molecule has 0 bridgehead atoms. The Hall–Kier alpha value is -1.43. The third-order valence-corrected chi connectivity index (χ3v) is 5.21. The number of carbonyl (C=O) groups excluding carboxylic acids is 2. The molecule has 5 nitrogen and oxygen atoms in total. The van der Waals surface area contributed by atoms with Crippen LogP contribution in [0.4, 0.5) is 0 Å². The first-order valence-corrected chi connectivity index (χ1v) is 9.23. The smallest absolute Gasteiger partial charge is 0.264 e. The Kier molecular flexibility index (Phi) is 5.79. The number of nitrogens with one attached hydrogen (secondary N) is 2. The molecule has 1 fully saturated rings. The van der Waals surface area contributed by atoms with E-state index >= 15 is 0 Å². The van der Waals surface area contributed by atoms with Crippen LogP contribution in [-0.4, -0.2) is 28.9 Å². The largest absolute Gasteiger partial charge is 0.354 e. The van der Waals surface area contributed by atoms with Gasteiger partial charge in [-0.05, 0) is 38.5 Å². The maximum Gasteiger partial charge on any atom is 0.264 e. The van der Waals surface area contributed by atoms with E-state index in [0.717, 1.165) is 5.69 Å². The van der Waals surface area contributed by atoms with E-state index < -0.39 is 5.54 Å². The molecule has 1 aromatic heterocycles. The topological polar surface area (TPSA) is 71.1 Å². The summed E-state index contributed by atoms with van der Waals surface area (Å²) in [7, 11) is 0. The van der Waals surface area contributed by atoms with Gasteiger partial charge in [-0.2, -0.15) is 0 Å². The highest BCUT2D eigenvalue weighted by Crippen LogP contribution is 2.24. The molecular weight excluding hydrogens is 310 g/mol. The van der Waals surface area contributed by atoms with Gasteiger partial charge in [0.1, 0.15) is 10.4 Å². The highest BCUT2D eigenvalue weighted by atomic mass is 32.1. The highest BCUT2D eigenvalue weighted by molar-refractivity contribution is 7.11. The zero-order valence-electron chi connectivity index (χ0n) is 14.4. The fourth-order valence-corrected chi connectivity index (χ4v) is 3.74. The fourth-order valence-electron chi connectivity index (χ4n) is 2.91. The van der Waals surface area contributed by atoms with Gasteiger partial charge in [0.25, 0.3) is 5.91 Å². The highest BCUT2D eigenvalue weighted by Gasteiger charge is 2.31. The monoisotopic (exact) mass is 337 g/mol. The van der Waals surface area contributed by atoms with Crippen LogP contribution < -0.4 is 10.6 Å². The lowest BCUT2D eigenvalue weighted by Gasteiger charge is -2.26. The van der Waals surface area contributed by atoms with Gasteiger partial charge in [0.05, 0.1) is 11.2 Å². The van der Waals surface area contributed by atoms with Crippen LogP contribution >= 0.6 is 11.3 Å². The molecule has 1 saturated carbocycles. The van der Waals surface area contributed by atoms with E-state index in [9.17, 15) is 9.59 Å². The maximum atomic E-state index is 12.5. The Labute approximate surface area is 142 Å². The quantitative estimate of drug-likeness (QED) is 0.838. The van der Waals surface area contributed by atoms with E-state index in [1.165, 1.54) is 37.0 Å². The molecule has 0 spiro atoms. The first-order chi connectivity index (χ1) is 10.8. The number of amides is 2. The lowest BCUT2D eigenvalue weighted by molar-refractivity contribution is -0.126. The van der Waals surface area contributed by atoms with E-state index in [0.29, 0.717) is 17.3 Å². The van der Waals surface area contributed by atoms with Crippen molar-refractivity contribution < 1.29 is 9.59 Å². The van der Waals surface area contributed by atoms with Gasteiger partial charge in [-0.1, -0.05) is 26.7 Å². The van der Waals surface area contributed by atoms with Gasteiger partial charge in [0.2, 0.25) is 5.91 Å². The zero-order chi connectivity index (χ0) is 17.0. The average molecular weight is 337 g/mol. The summed E-state index contributed by atoms with van der Waals surface area (Å²) in [6.45, 7) is 8.20.